The number of aliphatic hydroxyl groups excluding tert-OH is 1. The smallest absolute Gasteiger partial charge is 0.120 e. The van der Waals surface area contributed by atoms with Gasteiger partial charge in [-0.15, -0.1) is 0 Å². The molecular weight excluding hydrogens is 248 g/mol. The predicted molar refractivity (Wildman–Crippen MR) is 82.0 cm³/mol. The van der Waals surface area contributed by atoms with Crippen molar-refractivity contribution >= 4 is 10.8 Å². The van der Waals surface area contributed by atoms with Gasteiger partial charge in [0.05, 0.1) is 6.10 Å². The summed E-state index contributed by atoms with van der Waals surface area (Å²) < 4.78 is 5.78. The molecule has 2 aromatic rings. The maximum atomic E-state index is 10.2. The second-order valence-electron chi connectivity index (χ2n) is 5.79. The van der Waals surface area contributed by atoms with Gasteiger partial charge in [0.2, 0.25) is 0 Å². The van der Waals surface area contributed by atoms with E-state index in [1.165, 1.54) is 30.0 Å². The molecule has 2 aromatic carbocycles. The van der Waals surface area contributed by atoms with E-state index in [0.717, 1.165) is 18.6 Å². The number of rotatable bonds is 4. The summed E-state index contributed by atoms with van der Waals surface area (Å²) in [6, 6.07) is 14.3. The second-order valence-corrected chi connectivity index (χ2v) is 5.79. The van der Waals surface area contributed by atoms with Gasteiger partial charge in [0.25, 0.3) is 0 Å². The van der Waals surface area contributed by atoms with Gasteiger partial charge in [-0.05, 0) is 41.7 Å². The zero-order chi connectivity index (χ0) is 13.8. The van der Waals surface area contributed by atoms with E-state index in [9.17, 15) is 5.11 Å². The molecule has 0 heterocycles. The summed E-state index contributed by atoms with van der Waals surface area (Å²) in [7, 11) is 0. The molecule has 1 unspecified atom stereocenters. The number of aliphatic hydroxyl groups is 1. The van der Waals surface area contributed by atoms with Gasteiger partial charge in [0, 0.05) is 0 Å². The molecule has 0 bridgehead atoms. The minimum atomic E-state index is -0.332. The van der Waals surface area contributed by atoms with Crippen LogP contribution in [0.1, 0.15) is 32.1 Å². The maximum absolute atomic E-state index is 10.2. The topological polar surface area (TPSA) is 29.5 Å². The summed E-state index contributed by atoms with van der Waals surface area (Å²) in [5.74, 6) is 1.27. The third-order valence-electron chi connectivity index (χ3n) is 4.34. The van der Waals surface area contributed by atoms with Crippen LogP contribution in [-0.2, 0) is 0 Å². The summed E-state index contributed by atoms with van der Waals surface area (Å²) >= 11 is 0. The number of ether oxygens (including phenoxy) is 1. The van der Waals surface area contributed by atoms with Crippen molar-refractivity contribution in [3.63, 3.8) is 0 Å². The third-order valence-corrected chi connectivity index (χ3v) is 4.34. The molecule has 3 rings (SSSR count). The van der Waals surface area contributed by atoms with E-state index < -0.39 is 0 Å². The fourth-order valence-corrected chi connectivity index (χ4v) is 3.09. The zero-order valence-electron chi connectivity index (χ0n) is 11.8. The average Bonchev–Trinajstić information content (AvgIpc) is 2.53. The standard InChI is InChI=1S/C18H22O2/c19-18(15-7-2-1-3-8-15)13-20-17-11-10-14-6-4-5-9-16(14)12-17/h4-6,9-12,15,18-19H,1-3,7-8,13H2. The van der Waals surface area contributed by atoms with Crippen molar-refractivity contribution in [1.29, 1.82) is 0 Å². The van der Waals surface area contributed by atoms with E-state index in [1.54, 1.807) is 0 Å². The van der Waals surface area contributed by atoms with E-state index in [-0.39, 0.29) is 6.10 Å². The van der Waals surface area contributed by atoms with E-state index >= 15 is 0 Å². The lowest BCUT2D eigenvalue weighted by atomic mass is 9.85. The van der Waals surface area contributed by atoms with Gasteiger partial charge in [0.15, 0.2) is 0 Å². The van der Waals surface area contributed by atoms with Crippen LogP contribution in [0.2, 0.25) is 0 Å². The third kappa shape index (κ3) is 3.13. The molecule has 0 radical (unpaired) electrons. The largest absolute Gasteiger partial charge is 0.491 e. The predicted octanol–water partition coefficient (Wildman–Crippen LogP) is 4.16. The summed E-state index contributed by atoms with van der Waals surface area (Å²) in [5.41, 5.74) is 0. The van der Waals surface area contributed by atoms with Gasteiger partial charge in [-0.1, -0.05) is 49.6 Å². The number of benzene rings is 2. The normalized spacial score (nSPS) is 18.1. The lowest BCUT2D eigenvalue weighted by Crippen LogP contribution is -2.28. The van der Waals surface area contributed by atoms with E-state index in [1.807, 2.05) is 24.3 Å². The highest BCUT2D eigenvalue weighted by molar-refractivity contribution is 5.83. The molecule has 0 spiro atoms. The lowest BCUT2D eigenvalue weighted by Gasteiger charge is -2.26. The molecule has 20 heavy (non-hydrogen) atoms. The Labute approximate surface area is 120 Å². The van der Waals surface area contributed by atoms with Gasteiger partial charge in [-0.3, -0.25) is 0 Å². The summed E-state index contributed by atoms with van der Waals surface area (Å²) in [5, 5.41) is 12.6. The number of hydrogen-bond donors (Lipinski definition) is 1. The van der Waals surface area contributed by atoms with E-state index in [4.69, 9.17) is 4.74 Å². The molecule has 2 nitrogen and oxygen atoms in total. The molecule has 1 N–H and O–H groups in total. The Hall–Kier alpha value is -1.54. The van der Waals surface area contributed by atoms with Crippen molar-refractivity contribution in [3.8, 4) is 5.75 Å². The Morgan fingerprint density at radius 3 is 2.55 bits per heavy atom. The molecule has 1 aliphatic carbocycles. The SMILES string of the molecule is OC(COc1ccc2ccccc2c1)C1CCCCC1. The highest BCUT2D eigenvalue weighted by Gasteiger charge is 2.22. The Bertz CT molecular complexity index is 558. The number of hydrogen-bond acceptors (Lipinski definition) is 2. The van der Waals surface area contributed by atoms with Crippen molar-refractivity contribution in [3.05, 3.63) is 42.5 Å². The molecule has 0 aromatic heterocycles. The van der Waals surface area contributed by atoms with Gasteiger partial charge in [-0.2, -0.15) is 0 Å². The molecule has 1 aliphatic rings. The first-order chi connectivity index (χ1) is 9.83. The Balaban J connectivity index is 1.61. The van der Waals surface area contributed by atoms with Crippen LogP contribution >= 0.6 is 0 Å². The second kappa shape index (κ2) is 6.27. The molecule has 0 amide bonds. The molecular formula is C18H22O2. The van der Waals surface area contributed by atoms with Crippen molar-refractivity contribution in [1.82, 2.24) is 0 Å². The maximum Gasteiger partial charge on any atom is 0.120 e. The quantitative estimate of drug-likeness (QED) is 0.904. The van der Waals surface area contributed by atoms with Crippen LogP contribution in [0.25, 0.3) is 10.8 Å². The Morgan fingerprint density at radius 1 is 1.00 bits per heavy atom. The summed E-state index contributed by atoms with van der Waals surface area (Å²) in [6.45, 7) is 0.406. The fourth-order valence-electron chi connectivity index (χ4n) is 3.09. The minimum Gasteiger partial charge on any atom is -0.491 e. The van der Waals surface area contributed by atoms with Crippen LogP contribution in [0, 0.1) is 5.92 Å². The molecule has 2 heteroatoms. The summed E-state index contributed by atoms with van der Waals surface area (Å²) in [4.78, 5) is 0. The van der Waals surface area contributed by atoms with Gasteiger partial charge in [0.1, 0.15) is 12.4 Å². The zero-order valence-corrected chi connectivity index (χ0v) is 11.8. The van der Waals surface area contributed by atoms with Crippen molar-refractivity contribution in [2.24, 2.45) is 5.92 Å². The molecule has 0 saturated heterocycles. The highest BCUT2D eigenvalue weighted by atomic mass is 16.5. The van der Waals surface area contributed by atoms with Crippen LogP contribution in [0.3, 0.4) is 0 Å². The molecule has 1 saturated carbocycles. The van der Waals surface area contributed by atoms with Crippen molar-refractivity contribution in [2.75, 3.05) is 6.61 Å². The molecule has 1 fully saturated rings. The molecule has 0 aliphatic heterocycles. The van der Waals surface area contributed by atoms with Crippen molar-refractivity contribution in [2.45, 2.75) is 38.2 Å². The number of fused-ring (bicyclic) bond motifs is 1. The van der Waals surface area contributed by atoms with E-state index in [2.05, 4.69) is 18.2 Å². The van der Waals surface area contributed by atoms with Crippen LogP contribution in [-0.4, -0.2) is 17.8 Å². The Morgan fingerprint density at radius 2 is 1.75 bits per heavy atom. The van der Waals surface area contributed by atoms with Crippen LogP contribution in [0.5, 0.6) is 5.75 Å². The highest BCUT2D eigenvalue weighted by Crippen LogP contribution is 2.27. The van der Waals surface area contributed by atoms with Gasteiger partial charge in [-0.25, -0.2) is 0 Å². The molecule has 1 atom stereocenters. The van der Waals surface area contributed by atoms with Gasteiger partial charge < -0.3 is 9.84 Å². The average molecular weight is 270 g/mol. The minimum absolute atomic E-state index is 0.332. The first-order valence-electron chi connectivity index (χ1n) is 7.62. The first-order valence-corrected chi connectivity index (χ1v) is 7.62. The van der Waals surface area contributed by atoms with Crippen LogP contribution in [0.4, 0.5) is 0 Å². The van der Waals surface area contributed by atoms with Gasteiger partial charge >= 0.3 is 0 Å². The fraction of sp³-hybridized carbons (Fsp3) is 0.444. The van der Waals surface area contributed by atoms with Crippen molar-refractivity contribution < 1.29 is 9.84 Å². The Kier molecular flexibility index (Phi) is 4.22. The van der Waals surface area contributed by atoms with Crippen LogP contribution in [0.15, 0.2) is 42.5 Å². The summed E-state index contributed by atoms with van der Waals surface area (Å²) in [6.07, 6.45) is 5.76. The first kappa shape index (κ1) is 13.4. The van der Waals surface area contributed by atoms with Crippen LogP contribution < -0.4 is 4.74 Å². The lowest BCUT2D eigenvalue weighted by molar-refractivity contribution is 0.0414. The monoisotopic (exact) mass is 270 g/mol. The van der Waals surface area contributed by atoms with E-state index in [0.29, 0.717) is 12.5 Å². The molecule has 106 valence electrons.